The van der Waals surface area contributed by atoms with Crippen LogP contribution in [0.2, 0.25) is 0 Å². The Bertz CT molecular complexity index is 792. The molecule has 0 bridgehead atoms. The Morgan fingerprint density at radius 1 is 0.852 bits per heavy atom. The van der Waals surface area contributed by atoms with E-state index < -0.39 is 11.2 Å². The zero-order valence-electron chi connectivity index (χ0n) is 15.4. The molecular weight excluding hydrogens is 354 g/mol. The van der Waals surface area contributed by atoms with Crippen LogP contribution in [-0.4, -0.2) is 11.1 Å². The van der Waals surface area contributed by atoms with Crippen LogP contribution in [0.3, 0.4) is 0 Å². The van der Waals surface area contributed by atoms with Crippen molar-refractivity contribution >= 4 is 17.7 Å². The van der Waals surface area contributed by atoms with E-state index in [4.69, 9.17) is 5.73 Å². The summed E-state index contributed by atoms with van der Waals surface area (Å²) in [6.07, 6.45) is 0. The normalized spacial score (nSPS) is 12.4. The molecule has 0 aliphatic carbocycles. The number of carboxylic acid groups (broad SMARTS) is 1. The van der Waals surface area contributed by atoms with Crippen LogP contribution in [-0.2, 0) is 10.5 Å². The maximum atomic E-state index is 11.3. The molecule has 2 atom stereocenters. The van der Waals surface area contributed by atoms with Crippen LogP contribution >= 0.6 is 11.8 Å². The fourth-order valence-corrected chi connectivity index (χ4v) is 3.49. The van der Waals surface area contributed by atoms with Gasteiger partial charge < -0.3 is 10.8 Å². The number of benzene rings is 3. The van der Waals surface area contributed by atoms with Gasteiger partial charge in [0.15, 0.2) is 0 Å². The summed E-state index contributed by atoms with van der Waals surface area (Å²) in [7, 11) is 0. The molecule has 3 aromatic rings. The van der Waals surface area contributed by atoms with Crippen molar-refractivity contribution in [1.29, 1.82) is 0 Å². The molecule has 3 nitrogen and oxygen atoms in total. The number of thioether (sulfide) groups is 1. The van der Waals surface area contributed by atoms with Crippen molar-refractivity contribution in [2.24, 2.45) is 5.73 Å². The van der Waals surface area contributed by atoms with Crippen LogP contribution in [0.4, 0.5) is 0 Å². The van der Waals surface area contributed by atoms with Crippen molar-refractivity contribution in [3.63, 3.8) is 0 Å². The molecule has 0 aliphatic heterocycles. The quantitative estimate of drug-likeness (QED) is 0.597. The van der Waals surface area contributed by atoms with Gasteiger partial charge in [-0.15, -0.1) is 11.8 Å². The second kappa shape index (κ2) is 11.2. The summed E-state index contributed by atoms with van der Waals surface area (Å²) >= 11 is 1.44. The van der Waals surface area contributed by atoms with Gasteiger partial charge in [-0.25, -0.2) is 0 Å². The van der Waals surface area contributed by atoms with Gasteiger partial charge in [0.1, 0.15) is 5.25 Å². The van der Waals surface area contributed by atoms with E-state index in [2.05, 4.69) is 0 Å². The van der Waals surface area contributed by atoms with Crippen molar-refractivity contribution in [1.82, 2.24) is 0 Å². The van der Waals surface area contributed by atoms with E-state index in [-0.39, 0.29) is 6.04 Å². The zero-order chi connectivity index (χ0) is 19.5. The molecule has 3 N–H and O–H groups in total. The summed E-state index contributed by atoms with van der Waals surface area (Å²) in [5.74, 6) is -0.0886. The SMILES string of the molecule is C[C@H](N)c1ccccc1.O=C(O)[C@@H](SCc1ccccc1)c1ccccc1. The highest BCUT2D eigenvalue weighted by atomic mass is 32.2. The molecule has 0 spiro atoms. The first kappa shape index (κ1) is 20.7. The van der Waals surface area contributed by atoms with Gasteiger partial charge >= 0.3 is 5.97 Å². The fraction of sp³-hybridized carbons (Fsp3) is 0.174. The summed E-state index contributed by atoms with van der Waals surface area (Å²) < 4.78 is 0. The predicted octanol–water partition coefficient (Wildman–Crippen LogP) is 5.45. The average Bonchev–Trinajstić information content (AvgIpc) is 2.71. The minimum Gasteiger partial charge on any atom is -0.480 e. The highest BCUT2D eigenvalue weighted by molar-refractivity contribution is 7.99. The number of carbonyl (C=O) groups is 1. The molecule has 0 aromatic heterocycles. The second-order valence-corrected chi connectivity index (χ2v) is 7.22. The lowest BCUT2D eigenvalue weighted by Gasteiger charge is -2.12. The third kappa shape index (κ3) is 7.29. The topological polar surface area (TPSA) is 63.3 Å². The number of carboxylic acids is 1. The monoisotopic (exact) mass is 379 g/mol. The third-order valence-electron chi connectivity index (χ3n) is 3.91. The molecule has 0 aliphatic rings. The molecule has 3 rings (SSSR count). The number of aliphatic carboxylic acids is 1. The van der Waals surface area contributed by atoms with Gasteiger partial charge in [0, 0.05) is 11.8 Å². The molecular formula is C23H25NO2S. The molecule has 0 radical (unpaired) electrons. The van der Waals surface area contributed by atoms with Crippen LogP contribution in [0.15, 0.2) is 91.0 Å². The number of nitrogens with two attached hydrogens (primary N) is 1. The number of rotatable bonds is 6. The first-order valence-electron chi connectivity index (χ1n) is 8.81. The van der Waals surface area contributed by atoms with Crippen molar-refractivity contribution in [2.75, 3.05) is 0 Å². The van der Waals surface area contributed by atoms with E-state index in [9.17, 15) is 9.90 Å². The Morgan fingerprint density at radius 3 is 1.70 bits per heavy atom. The summed E-state index contributed by atoms with van der Waals surface area (Å²) in [6.45, 7) is 1.98. The molecule has 0 amide bonds. The lowest BCUT2D eigenvalue weighted by molar-refractivity contribution is -0.136. The Balaban J connectivity index is 0.000000244. The van der Waals surface area contributed by atoms with Gasteiger partial charge in [-0.2, -0.15) is 0 Å². The average molecular weight is 380 g/mol. The maximum Gasteiger partial charge on any atom is 0.321 e. The van der Waals surface area contributed by atoms with E-state index in [1.807, 2.05) is 97.9 Å². The van der Waals surface area contributed by atoms with E-state index >= 15 is 0 Å². The van der Waals surface area contributed by atoms with Crippen LogP contribution in [0, 0.1) is 0 Å². The summed E-state index contributed by atoms with van der Waals surface area (Å²) in [5.41, 5.74) is 8.79. The van der Waals surface area contributed by atoms with Crippen molar-refractivity contribution < 1.29 is 9.90 Å². The maximum absolute atomic E-state index is 11.3. The Kier molecular flexibility index (Phi) is 8.62. The third-order valence-corrected chi connectivity index (χ3v) is 5.22. The van der Waals surface area contributed by atoms with Gasteiger partial charge in [0.2, 0.25) is 0 Å². The largest absolute Gasteiger partial charge is 0.480 e. The van der Waals surface area contributed by atoms with Crippen LogP contribution in [0.5, 0.6) is 0 Å². The van der Waals surface area contributed by atoms with Gasteiger partial charge in [0.25, 0.3) is 0 Å². The van der Waals surface area contributed by atoms with Gasteiger partial charge in [-0.05, 0) is 23.6 Å². The first-order valence-corrected chi connectivity index (χ1v) is 9.86. The molecule has 0 unspecified atom stereocenters. The van der Waals surface area contributed by atoms with Crippen molar-refractivity contribution in [2.45, 2.75) is 24.0 Å². The lowest BCUT2D eigenvalue weighted by Crippen LogP contribution is -2.08. The zero-order valence-corrected chi connectivity index (χ0v) is 16.2. The summed E-state index contributed by atoms with van der Waals surface area (Å²) in [4.78, 5) is 11.3. The minimum absolute atomic E-state index is 0.159. The fourth-order valence-electron chi connectivity index (χ4n) is 2.45. The van der Waals surface area contributed by atoms with Gasteiger partial charge in [-0.1, -0.05) is 91.0 Å². The van der Waals surface area contributed by atoms with Crippen LogP contribution in [0.25, 0.3) is 0 Å². The van der Waals surface area contributed by atoms with Crippen molar-refractivity contribution in [3.05, 3.63) is 108 Å². The van der Waals surface area contributed by atoms with E-state index in [0.717, 1.165) is 11.1 Å². The molecule has 0 saturated carbocycles. The van der Waals surface area contributed by atoms with Crippen LogP contribution in [0.1, 0.15) is 34.9 Å². The van der Waals surface area contributed by atoms with Gasteiger partial charge in [-0.3, -0.25) is 4.79 Å². The van der Waals surface area contributed by atoms with Crippen molar-refractivity contribution in [3.8, 4) is 0 Å². The molecule has 140 valence electrons. The molecule has 0 saturated heterocycles. The Labute approximate surface area is 165 Å². The summed E-state index contributed by atoms with van der Waals surface area (Å²) in [5, 5.41) is 8.78. The first-order chi connectivity index (χ1) is 13.1. The molecule has 3 aromatic carbocycles. The highest BCUT2D eigenvalue weighted by Gasteiger charge is 2.19. The molecule has 0 fully saturated rings. The van der Waals surface area contributed by atoms with E-state index in [0.29, 0.717) is 5.75 Å². The van der Waals surface area contributed by atoms with E-state index in [1.165, 1.54) is 17.3 Å². The second-order valence-electron chi connectivity index (χ2n) is 6.12. The minimum atomic E-state index is -0.790. The van der Waals surface area contributed by atoms with E-state index in [1.54, 1.807) is 0 Å². The van der Waals surface area contributed by atoms with Gasteiger partial charge in [0.05, 0.1) is 0 Å². The summed E-state index contributed by atoms with van der Waals surface area (Å²) in [6, 6.07) is 29.5. The Morgan fingerprint density at radius 2 is 1.30 bits per heavy atom. The predicted molar refractivity (Wildman–Crippen MR) is 114 cm³/mol. The van der Waals surface area contributed by atoms with Crippen LogP contribution < -0.4 is 5.73 Å². The molecule has 4 heteroatoms. The Hall–Kier alpha value is -2.56. The smallest absolute Gasteiger partial charge is 0.321 e. The standard InChI is InChI=1S/C15H14O2S.C8H11N/c16-15(17)14(13-9-5-2-6-10-13)18-11-12-7-3-1-4-8-12;1-7(9)8-5-3-2-4-6-8/h1-10,14H,11H2,(H,16,17);2-7H,9H2,1H3/t14-;7-/m00/s1. The lowest BCUT2D eigenvalue weighted by atomic mass is 10.1. The molecule has 0 heterocycles. The number of hydrogen-bond donors (Lipinski definition) is 2. The molecule has 27 heavy (non-hydrogen) atoms. The number of hydrogen-bond acceptors (Lipinski definition) is 3. The highest BCUT2D eigenvalue weighted by Crippen LogP contribution is 2.31.